The number of nitrogens with zero attached hydrogens (tertiary/aromatic N) is 1. The van der Waals surface area contributed by atoms with Gasteiger partial charge in [-0.25, -0.2) is 4.79 Å². The van der Waals surface area contributed by atoms with E-state index < -0.39 is 17.9 Å². The van der Waals surface area contributed by atoms with Crippen LogP contribution in [0, 0.1) is 5.92 Å². The van der Waals surface area contributed by atoms with Gasteiger partial charge in [0.15, 0.2) is 5.79 Å². The summed E-state index contributed by atoms with van der Waals surface area (Å²) in [6, 6.07) is 1.50. The van der Waals surface area contributed by atoms with Gasteiger partial charge in [0.25, 0.3) is 0 Å². The molecule has 3 aliphatic heterocycles. The molecule has 172 valence electrons. The van der Waals surface area contributed by atoms with Crippen molar-refractivity contribution >= 4 is 23.3 Å². The van der Waals surface area contributed by atoms with Crippen LogP contribution in [-0.2, 0) is 20.6 Å². The molecule has 4 rings (SSSR count). The van der Waals surface area contributed by atoms with Gasteiger partial charge >= 0.3 is 5.97 Å². The van der Waals surface area contributed by atoms with Crippen molar-refractivity contribution in [2.45, 2.75) is 44.5 Å². The van der Waals surface area contributed by atoms with Crippen LogP contribution < -0.4 is 10.5 Å². The fraction of sp³-hybridized carbons (Fsp3) is 0.682. The van der Waals surface area contributed by atoms with E-state index in [2.05, 4.69) is 4.90 Å². The van der Waals surface area contributed by atoms with E-state index in [1.807, 2.05) is 6.92 Å². The summed E-state index contributed by atoms with van der Waals surface area (Å²) in [5, 5.41) is 10.9. The number of hydrogen-bond acceptors (Lipinski definition) is 8. The number of fused-ring (bicyclic) bond motifs is 1. The summed E-state index contributed by atoms with van der Waals surface area (Å²) in [4.78, 5) is 14.9. The van der Waals surface area contributed by atoms with E-state index in [1.165, 1.54) is 6.07 Å². The fourth-order valence-corrected chi connectivity index (χ4v) is 4.77. The number of esters is 1. The molecule has 1 aromatic rings. The molecule has 3 aliphatic rings. The number of hydrogen-bond donors (Lipinski definition) is 2. The molecule has 3 N–H and O–H groups in total. The van der Waals surface area contributed by atoms with Crippen LogP contribution in [0.4, 0.5) is 5.69 Å². The van der Waals surface area contributed by atoms with E-state index in [9.17, 15) is 9.90 Å². The number of piperidine rings is 1. The monoisotopic (exact) mass is 454 g/mol. The average Bonchev–Trinajstić information content (AvgIpc) is 3.40. The number of anilines is 1. The zero-order valence-corrected chi connectivity index (χ0v) is 18.7. The lowest BCUT2D eigenvalue weighted by molar-refractivity contribution is -0.148. The van der Waals surface area contributed by atoms with Crippen molar-refractivity contribution in [2.24, 2.45) is 5.92 Å². The van der Waals surface area contributed by atoms with Gasteiger partial charge in [0.05, 0.1) is 43.2 Å². The van der Waals surface area contributed by atoms with Crippen molar-refractivity contribution in [1.29, 1.82) is 0 Å². The quantitative estimate of drug-likeness (QED) is 0.477. The van der Waals surface area contributed by atoms with Crippen molar-refractivity contribution in [3.63, 3.8) is 0 Å². The normalized spacial score (nSPS) is 25.3. The first-order chi connectivity index (χ1) is 14.9. The van der Waals surface area contributed by atoms with E-state index in [-0.39, 0.29) is 12.5 Å². The molecule has 0 aliphatic carbocycles. The minimum Gasteiger partial charge on any atom is -0.492 e. The average molecular weight is 455 g/mol. The highest BCUT2D eigenvalue weighted by atomic mass is 35.5. The van der Waals surface area contributed by atoms with Gasteiger partial charge in [-0.2, -0.15) is 0 Å². The molecule has 9 heteroatoms. The van der Waals surface area contributed by atoms with Crippen LogP contribution in [0.1, 0.15) is 42.1 Å². The lowest BCUT2D eigenvalue weighted by Gasteiger charge is -2.36. The maximum Gasteiger partial charge on any atom is 0.341 e. The van der Waals surface area contributed by atoms with Crippen LogP contribution in [0.15, 0.2) is 6.07 Å². The molecule has 0 amide bonds. The van der Waals surface area contributed by atoms with E-state index in [4.69, 9.17) is 36.3 Å². The van der Waals surface area contributed by atoms with Crippen molar-refractivity contribution in [1.82, 2.24) is 4.90 Å². The predicted octanol–water partition coefficient (Wildman–Crippen LogP) is 2.24. The molecule has 31 heavy (non-hydrogen) atoms. The summed E-state index contributed by atoms with van der Waals surface area (Å²) in [5.41, 5.74) is 7.49. The number of nitrogen functional groups attached to an aromatic ring is 1. The van der Waals surface area contributed by atoms with Gasteiger partial charge in [-0.1, -0.05) is 11.6 Å². The third-order valence-electron chi connectivity index (χ3n) is 6.43. The summed E-state index contributed by atoms with van der Waals surface area (Å²) >= 11 is 6.17. The molecule has 0 bridgehead atoms. The molecule has 1 aromatic carbocycles. The lowest BCUT2D eigenvalue weighted by atomic mass is 9.94. The Morgan fingerprint density at radius 2 is 2.16 bits per heavy atom. The van der Waals surface area contributed by atoms with Crippen LogP contribution in [0.3, 0.4) is 0 Å². The summed E-state index contributed by atoms with van der Waals surface area (Å²) in [5.74, 6) is -0.608. The molecule has 3 heterocycles. The second-order valence-electron chi connectivity index (χ2n) is 8.68. The molecule has 2 atom stereocenters. The summed E-state index contributed by atoms with van der Waals surface area (Å²) in [6.45, 7) is 6.19. The van der Waals surface area contributed by atoms with E-state index in [0.717, 1.165) is 37.9 Å². The van der Waals surface area contributed by atoms with Gasteiger partial charge in [-0.3, -0.25) is 0 Å². The Hall–Kier alpha value is -1.58. The summed E-state index contributed by atoms with van der Waals surface area (Å²) < 4.78 is 22.4. The number of β-amino-alcohol motifs (C(OH)–C–C–N with tert-alkyl or cyclic N) is 1. The van der Waals surface area contributed by atoms with E-state index in [0.29, 0.717) is 54.8 Å². The number of aliphatic hydroxyl groups is 1. The smallest absolute Gasteiger partial charge is 0.341 e. The highest BCUT2D eigenvalue weighted by Gasteiger charge is 2.33. The highest BCUT2D eigenvalue weighted by molar-refractivity contribution is 6.33. The number of carbonyl (C=O) groups excluding carboxylic acids is 1. The van der Waals surface area contributed by atoms with Gasteiger partial charge in [0, 0.05) is 30.9 Å². The molecule has 0 aromatic heterocycles. The molecule has 0 radical (unpaired) electrons. The number of ether oxygens (including phenoxy) is 4. The Kier molecular flexibility index (Phi) is 6.93. The first kappa shape index (κ1) is 22.6. The zero-order valence-electron chi connectivity index (χ0n) is 17.9. The summed E-state index contributed by atoms with van der Waals surface area (Å²) in [6.07, 6.45) is 2.60. The zero-order chi connectivity index (χ0) is 22.0. The molecule has 2 saturated heterocycles. The maximum absolute atomic E-state index is 12.7. The molecule has 8 nitrogen and oxygen atoms in total. The highest BCUT2D eigenvalue weighted by Crippen LogP contribution is 2.39. The molecular weight excluding hydrogens is 424 g/mol. The number of benzene rings is 1. The number of carbonyl (C=O) groups is 1. The largest absolute Gasteiger partial charge is 0.492 e. The Labute approximate surface area is 187 Å². The second kappa shape index (κ2) is 9.50. The second-order valence-corrected chi connectivity index (χ2v) is 9.08. The predicted molar refractivity (Wildman–Crippen MR) is 115 cm³/mol. The van der Waals surface area contributed by atoms with Crippen molar-refractivity contribution < 1.29 is 28.8 Å². The Morgan fingerprint density at radius 3 is 2.90 bits per heavy atom. The first-order valence-electron chi connectivity index (χ1n) is 11.0. The molecule has 2 unspecified atom stereocenters. The standard InChI is InChI=1S/C22H31ClN2O6/c1-22(30-9-10-31-22)5-2-6-25-7-3-14(18(26)12-25)13-29-21(27)16-11-17(23)19(24)15-4-8-28-20(15)16/h11,14,18,26H,2-10,12-13,24H2,1H3. The van der Waals surface area contributed by atoms with E-state index in [1.54, 1.807) is 0 Å². The maximum atomic E-state index is 12.7. The minimum absolute atomic E-state index is 0.0996. The third kappa shape index (κ3) is 5.09. The number of nitrogens with two attached hydrogens (primary N) is 1. The SMILES string of the molecule is CC1(CCCN2CCC(COC(=O)c3cc(Cl)c(N)c4c3OCC4)C(O)C2)OCCO1. The van der Waals surface area contributed by atoms with Crippen LogP contribution >= 0.6 is 11.6 Å². The third-order valence-corrected chi connectivity index (χ3v) is 6.74. The topological polar surface area (TPSA) is 103 Å². The van der Waals surface area contributed by atoms with Crippen LogP contribution in [0.5, 0.6) is 5.75 Å². The lowest BCUT2D eigenvalue weighted by Crippen LogP contribution is -2.46. The molecular formula is C22H31ClN2O6. The minimum atomic E-state index is -0.548. The number of rotatable bonds is 7. The van der Waals surface area contributed by atoms with Gasteiger partial charge in [0.2, 0.25) is 0 Å². The number of halogens is 1. The van der Waals surface area contributed by atoms with Crippen LogP contribution in [0.2, 0.25) is 5.02 Å². The van der Waals surface area contributed by atoms with Crippen molar-refractivity contribution in [3.8, 4) is 5.75 Å². The van der Waals surface area contributed by atoms with Gasteiger partial charge < -0.3 is 34.7 Å². The molecule has 0 spiro atoms. The summed E-state index contributed by atoms with van der Waals surface area (Å²) in [7, 11) is 0. The van der Waals surface area contributed by atoms with Gasteiger partial charge in [-0.05, 0) is 38.9 Å². The van der Waals surface area contributed by atoms with Crippen LogP contribution in [0.25, 0.3) is 0 Å². The molecule has 2 fully saturated rings. The Bertz CT molecular complexity index is 814. The molecule has 0 saturated carbocycles. The fourth-order valence-electron chi connectivity index (χ4n) is 4.55. The van der Waals surface area contributed by atoms with Gasteiger partial charge in [-0.15, -0.1) is 0 Å². The first-order valence-corrected chi connectivity index (χ1v) is 11.3. The number of aliphatic hydroxyl groups excluding tert-OH is 1. The van der Waals surface area contributed by atoms with Crippen molar-refractivity contribution in [3.05, 3.63) is 22.2 Å². The Morgan fingerprint density at radius 1 is 1.39 bits per heavy atom. The number of likely N-dealkylation sites (tertiary alicyclic amines) is 1. The van der Waals surface area contributed by atoms with E-state index >= 15 is 0 Å². The van der Waals surface area contributed by atoms with Crippen molar-refractivity contribution in [2.75, 3.05) is 51.8 Å². The Balaban J connectivity index is 1.24. The van der Waals surface area contributed by atoms with Gasteiger partial charge in [0.1, 0.15) is 11.3 Å². The van der Waals surface area contributed by atoms with Crippen LogP contribution in [-0.4, -0.2) is 73.9 Å².